The van der Waals surface area contributed by atoms with E-state index in [4.69, 9.17) is 4.74 Å². The van der Waals surface area contributed by atoms with Crippen LogP contribution in [0.15, 0.2) is 18.3 Å². The van der Waals surface area contributed by atoms with Gasteiger partial charge in [-0.3, -0.25) is 4.98 Å². The average molecular weight is 135 g/mol. The minimum atomic E-state index is 0.292. The van der Waals surface area contributed by atoms with Crippen LogP contribution in [-0.2, 0) is 4.74 Å². The first-order valence-corrected chi connectivity index (χ1v) is 3.40. The molecule has 1 aromatic rings. The molecule has 0 aliphatic carbocycles. The van der Waals surface area contributed by atoms with Crippen LogP contribution in [0.2, 0.25) is 0 Å². The zero-order valence-electron chi connectivity index (χ0n) is 5.87. The zero-order chi connectivity index (χ0) is 6.97. The summed E-state index contributed by atoms with van der Waals surface area (Å²) >= 11 is 0. The Morgan fingerprint density at radius 3 is 2.90 bits per heavy atom. The molecule has 1 aliphatic rings. The number of hydrogen-bond acceptors (Lipinski definition) is 2. The number of aryl methyl sites for hydroxylation is 1. The molecule has 1 atom stereocenters. The Balaban J connectivity index is 2.28. The quantitative estimate of drug-likeness (QED) is 0.545. The highest BCUT2D eigenvalue weighted by molar-refractivity contribution is 5.15. The molecule has 2 rings (SSSR count). The first kappa shape index (κ1) is 5.86. The van der Waals surface area contributed by atoms with Crippen LogP contribution in [0.4, 0.5) is 0 Å². The molecule has 1 fully saturated rings. The molecule has 1 saturated heterocycles. The fourth-order valence-corrected chi connectivity index (χ4v) is 0.889. The van der Waals surface area contributed by atoms with Crippen LogP contribution < -0.4 is 0 Å². The number of nitrogens with zero attached hydrogens (tertiary/aromatic N) is 1. The monoisotopic (exact) mass is 135 g/mol. The van der Waals surface area contributed by atoms with E-state index in [1.54, 1.807) is 0 Å². The average Bonchev–Trinajstić information content (AvgIpc) is 2.71. The lowest BCUT2D eigenvalue weighted by Gasteiger charge is -1.93. The highest BCUT2D eigenvalue weighted by Crippen LogP contribution is 2.27. The summed E-state index contributed by atoms with van der Waals surface area (Å²) in [6.07, 6.45) is 2.16. The number of ether oxygens (including phenoxy) is 1. The zero-order valence-corrected chi connectivity index (χ0v) is 5.87. The molecule has 2 heterocycles. The lowest BCUT2D eigenvalue weighted by Crippen LogP contribution is -1.85. The molecule has 0 N–H and O–H groups in total. The molecule has 0 bridgehead atoms. The van der Waals surface area contributed by atoms with Crippen molar-refractivity contribution in [1.29, 1.82) is 0 Å². The predicted molar refractivity (Wildman–Crippen MR) is 37.7 cm³/mol. The van der Waals surface area contributed by atoms with Crippen molar-refractivity contribution in [2.45, 2.75) is 13.0 Å². The van der Waals surface area contributed by atoms with Gasteiger partial charge in [0.1, 0.15) is 6.10 Å². The van der Waals surface area contributed by atoms with Crippen molar-refractivity contribution >= 4 is 0 Å². The van der Waals surface area contributed by atoms with Crippen LogP contribution in [0.3, 0.4) is 0 Å². The van der Waals surface area contributed by atoms with Gasteiger partial charge in [0, 0.05) is 6.20 Å². The van der Waals surface area contributed by atoms with Gasteiger partial charge in [-0.1, -0.05) is 6.07 Å². The largest absolute Gasteiger partial charge is 0.366 e. The molecule has 0 aromatic carbocycles. The highest BCUT2D eigenvalue weighted by Gasteiger charge is 2.25. The lowest BCUT2D eigenvalue weighted by atomic mass is 10.2. The van der Waals surface area contributed by atoms with Crippen molar-refractivity contribution in [2.75, 3.05) is 6.61 Å². The van der Waals surface area contributed by atoms with Gasteiger partial charge in [-0.25, -0.2) is 0 Å². The minimum absolute atomic E-state index is 0.292. The normalized spacial score (nSPS) is 22.7. The summed E-state index contributed by atoms with van der Waals surface area (Å²) in [7, 11) is 0. The van der Waals surface area contributed by atoms with E-state index in [-0.39, 0.29) is 0 Å². The van der Waals surface area contributed by atoms with Crippen LogP contribution in [0.25, 0.3) is 0 Å². The van der Waals surface area contributed by atoms with Gasteiger partial charge < -0.3 is 4.74 Å². The third-order valence-corrected chi connectivity index (χ3v) is 1.60. The Morgan fingerprint density at radius 1 is 1.60 bits per heavy atom. The van der Waals surface area contributed by atoms with Crippen molar-refractivity contribution < 1.29 is 4.74 Å². The van der Waals surface area contributed by atoms with Gasteiger partial charge in [-0.05, 0) is 18.6 Å². The van der Waals surface area contributed by atoms with Crippen molar-refractivity contribution in [2.24, 2.45) is 0 Å². The van der Waals surface area contributed by atoms with E-state index < -0.39 is 0 Å². The summed E-state index contributed by atoms with van der Waals surface area (Å²) in [6, 6.07) is 4.08. The highest BCUT2D eigenvalue weighted by atomic mass is 16.6. The Bertz CT molecular complexity index is 226. The number of hydrogen-bond donors (Lipinski definition) is 0. The summed E-state index contributed by atoms with van der Waals surface area (Å²) in [5, 5.41) is 0. The van der Waals surface area contributed by atoms with Crippen LogP contribution in [0.5, 0.6) is 0 Å². The summed E-state index contributed by atoms with van der Waals surface area (Å²) in [4.78, 5) is 4.22. The molecule has 0 amide bonds. The number of pyridine rings is 1. The second-order valence-electron chi connectivity index (χ2n) is 2.58. The number of aromatic nitrogens is 1. The molecule has 0 saturated carbocycles. The summed E-state index contributed by atoms with van der Waals surface area (Å²) < 4.78 is 5.07. The van der Waals surface area contributed by atoms with E-state index in [0.717, 1.165) is 12.3 Å². The third-order valence-electron chi connectivity index (χ3n) is 1.60. The molecule has 1 aliphatic heterocycles. The molecule has 52 valence electrons. The van der Waals surface area contributed by atoms with Crippen LogP contribution in [0.1, 0.15) is 17.4 Å². The van der Waals surface area contributed by atoms with Crippen LogP contribution >= 0.6 is 0 Å². The first-order chi connectivity index (χ1) is 4.86. The topological polar surface area (TPSA) is 25.4 Å². The molecule has 10 heavy (non-hydrogen) atoms. The molecule has 2 heteroatoms. The molecule has 1 aromatic heterocycles. The minimum Gasteiger partial charge on any atom is -0.366 e. The molecule has 0 spiro atoms. The van der Waals surface area contributed by atoms with Crippen molar-refractivity contribution in [1.82, 2.24) is 4.98 Å². The SMILES string of the molecule is Cc1ccc([C@@H]2CO2)nc1. The number of epoxide rings is 1. The second kappa shape index (κ2) is 2.06. The lowest BCUT2D eigenvalue weighted by molar-refractivity contribution is 0.411. The van der Waals surface area contributed by atoms with Gasteiger partial charge in [0.2, 0.25) is 0 Å². The maximum Gasteiger partial charge on any atom is 0.123 e. The maximum atomic E-state index is 5.07. The summed E-state index contributed by atoms with van der Waals surface area (Å²) in [6.45, 7) is 2.88. The number of rotatable bonds is 1. The molecule has 0 unspecified atom stereocenters. The smallest absolute Gasteiger partial charge is 0.123 e. The molecular weight excluding hydrogens is 126 g/mol. The van der Waals surface area contributed by atoms with Gasteiger partial charge in [-0.15, -0.1) is 0 Å². The van der Waals surface area contributed by atoms with E-state index in [1.807, 2.05) is 19.2 Å². The van der Waals surface area contributed by atoms with E-state index in [1.165, 1.54) is 5.56 Å². The van der Waals surface area contributed by atoms with Gasteiger partial charge in [0.05, 0.1) is 12.3 Å². The van der Waals surface area contributed by atoms with Gasteiger partial charge in [0.15, 0.2) is 0 Å². The van der Waals surface area contributed by atoms with Crippen molar-refractivity contribution in [3.05, 3.63) is 29.6 Å². The Hall–Kier alpha value is -0.890. The summed E-state index contributed by atoms with van der Waals surface area (Å²) in [5.41, 5.74) is 2.26. The standard InChI is InChI=1S/C8H9NO/c1-6-2-3-7(9-4-6)8-5-10-8/h2-4,8H,5H2,1H3/t8-/m0/s1. The van der Waals surface area contributed by atoms with E-state index >= 15 is 0 Å². The Morgan fingerprint density at radius 2 is 2.40 bits per heavy atom. The van der Waals surface area contributed by atoms with Gasteiger partial charge in [0.25, 0.3) is 0 Å². The van der Waals surface area contributed by atoms with Gasteiger partial charge in [-0.2, -0.15) is 0 Å². The van der Waals surface area contributed by atoms with Crippen molar-refractivity contribution in [3.63, 3.8) is 0 Å². The fourth-order valence-electron chi connectivity index (χ4n) is 0.889. The van der Waals surface area contributed by atoms with Gasteiger partial charge >= 0.3 is 0 Å². The van der Waals surface area contributed by atoms with E-state index in [9.17, 15) is 0 Å². The third kappa shape index (κ3) is 1.02. The molecule has 2 nitrogen and oxygen atoms in total. The van der Waals surface area contributed by atoms with Crippen LogP contribution in [-0.4, -0.2) is 11.6 Å². The summed E-state index contributed by atoms with van der Waals surface area (Å²) in [5.74, 6) is 0. The van der Waals surface area contributed by atoms with E-state index in [2.05, 4.69) is 11.1 Å². The molecular formula is C8H9NO. The Labute approximate surface area is 59.9 Å². The van der Waals surface area contributed by atoms with Crippen LogP contribution in [0, 0.1) is 6.92 Å². The predicted octanol–water partition coefficient (Wildman–Crippen LogP) is 1.46. The maximum absolute atomic E-state index is 5.07. The second-order valence-corrected chi connectivity index (χ2v) is 2.58. The first-order valence-electron chi connectivity index (χ1n) is 3.40. The van der Waals surface area contributed by atoms with Crippen molar-refractivity contribution in [3.8, 4) is 0 Å². The van der Waals surface area contributed by atoms with E-state index in [0.29, 0.717) is 6.10 Å². The Kier molecular flexibility index (Phi) is 1.21. The molecule has 0 radical (unpaired) electrons. The fraction of sp³-hybridized carbons (Fsp3) is 0.375.